The van der Waals surface area contributed by atoms with Crippen LogP contribution in [0.2, 0.25) is 0 Å². The van der Waals surface area contributed by atoms with Gasteiger partial charge < -0.3 is 5.32 Å². The molecule has 0 unspecified atom stereocenters. The van der Waals surface area contributed by atoms with E-state index in [-0.39, 0.29) is 6.04 Å². The van der Waals surface area contributed by atoms with Crippen molar-refractivity contribution in [3.8, 4) is 0 Å². The van der Waals surface area contributed by atoms with Gasteiger partial charge in [0.1, 0.15) is 0 Å². The molecule has 18 heavy (non-hydrogen) atoms. The molecule has 2 rings (SSSR count). The fourth-order valence-corrected chi connectivity index (χ4v) is 2.03. The Morgan fingerprint density at radius 1 is 1.39 bits per heavy atom. The van der Waals surface area contributed by atoms with Gasteiger partial charge in [-0.25, -0.2) is 0 Å². The fraction of sp³-hybridized carbons (Fsp3) is 0.429. The maximum atomic E-state index is 4.44. The van der Waals surface area contributed by atoms with Crippen LogP contribution in [0.1, 0.15) is 36.8 Å². The average molecular weight is 244 g/mol. The first-order chi connectivity index (χ1) is 8.70. The third-order valence-corrected chi connectivity index (χ3v) is 3.06. The van der Waals surface area contributed by atoms with Crippen LogP contribution < -0.4 is 5.32 Å². The third kappa shape index (κ3) is 2.96. The smallest absolute Gasteiger partial charge is 0.0666 e. The first kappa shape index (κ1) is 12.8. The molecule has 0 amide bonds. The number of pyridine rings is 1. The minimum Gasteiger partial charge on any atom is -0.305 e. The number of nitrogens with zero attached hydrogens (tertiary/aromatic N) is 3. The summed E-state index contributed by atoms with van der Waals surface area (Å²) in [6, 6.07) is 6.24. The molecule has 0 fully saturated rings. The number of aromatic nitrogens is 3. The van der Waals surface area contributed by atoms with Crippen LogP contribution in [0.4, 0.5) is 0 Å². The highest BCUT2D eigenvalue weighted by Gasteiger charge is 2.09. The first-order valence-corrected chi connectivity index (χ1v) is 6.36. The van der Waals surface area contributed by atoms with Crippen LogP contribution in [0.25, 0.3) is 0 Å². The van der Waals surface area contributed by atoms with Crippen molar-refractivity contribution in [3.05, 3.63) is 47.5 Å². The zero-order valence-corrected chi connectivity index (χ0v) is 11.2. The molecule has 0 aliphatic rings. The molecule has 1 atom stereocenters. The van der Waals surface area contributed by atoms with Crippen molar-refractivity contribution in [3.63, 3.8) is 0 Å². The molecule has 2 aromatic rings. The van der Waals surface area contributed by atoms with Crippen molar-refractivity contribution in [1.82, 2.24) is 20.1 Å². The molecule has 0 aliphatic heterocycles. The van der Waals surface area contributed by atoms with E-state index in [1.165, 1.54) is 11.3 Å². The SMILES string of the molecule is CCc1nn(C)cc1CN[C@@H](C)c1ccccn1. The molecule has 2 aromatic heterocycles. The molecule has 0 saturated carbocycles. The molecule has 0 radical (unpaired) electrons. The highest BCUT2D eigenvalue weighted by Crippen LogP contribution is 2.11. The lowest BCUT2D eigenvalue weighted by molar-refractivity contribution is 0.559. The molecule has 0 aromatic carbocycles. The topological polar surface area (TPSA) is 42.7 Å². The Hall–Kier alpha value is -1.68. The van der Waals surface area contributed by atoms with Crippen LogP contribution in [-0.2, 0) is 20.0 Å². The van der Waals surface area contributed by atoms with Gasteiger partial charge in [0.25, 0.3) is 0 Å². The molecule has 4 nitrogen and oxygen atoms in total. The summed E-state index contributed by atoms with van der Waals surface area (Å²) in [6.07, 6.45) is 4.88. The summed E-state index contributed by atoms with van der Waals surface area (Å²) in [5.74, 6) is 0. The second kappa shape index (κ2) is 5.78. The normalized spacial score (nSPS) is 12.6. The summed E-state index contributed by atoms with van der Waals surface area (Å²) in [5.41, 5.74) is 3.50. The Bertz CT molecular complexity index is 490. The maximum Gasteiger partial charge on any atom is 0.0666 e. The summed E-state index contributed by atoms with van der Waals surface area (Å²) < 4.78 is 1.88. The predicted octanol–water partition coefficient (Wildman–Crippen LogP) is 2.23. The molecule has 1 N–H and O–H groups in total. The molecule has 4 heteroatoms. The minimum absolute atomic E-state index is 0.246. The van der Waals surface area contributed by atoms with E-state index < -0.39 is 0 Å². The first-order valence-electron chi connectivity index (χ1n) is 6.36. The van der Waals surface area contributed by atoms with Crippen molar-refractivity contribution in [2.75, 3.05) is 0 Å². The highest BCUT2D eigenvalue weighted by molar-refractivity contribution is 5.17. The van der Waals surface area contributed by atoms with E-state index in [2.05, 4.69) is 35.4 Å². The number of hydrogen-bond acceptors (Lipinski definition) is 3. The average Bonchev–Trinajstić information content (AvgIpc) is 2.77. The van der Waals surface area contributed by atoms with E-state index in [1.807, 2.05) is 36.1 Å². The van der Waals surface area contributed by atoms with Gasteiger partial charge in [-0.05, 0) is 25.5 Å². The van der Waals surface area contributed by atoms with Gasteiger partial charge in [-0.1, -0.05) is 13.0 Å². The molecular formula is C14H20N4. The second-order valence-corrected chi connectivity index (χ2v) is 4.49. The monoisotopic (exact) mass is 244 g/mol. The molecule has 0 aliphatic carbocycles. The summed E-state index contributed by atoms with van der Waals surface area (Å²) in [5, 5.41) is 7.93. The van der Waals surface area contributed by atoms with Gasteiger partial charge in [0.2, 0.25) is 0 Å². The lowest BCUT2D eigenvalue weighted by Gasteiger charge is -2.12. The summed E-state index contributed by atoms with van der Waals surface area (Å²) in [6.45, 7) is 5.09. The van der Waals surface area contributed by atoms with Crippen molar-refractivity contribution in [2.45, 2.75) is 32.9 Å². The van der Waals surface area contributed by atoms with Gasteiger partial charge in [0.05, 0.1) is 11.4 Å². The third-order valence-electron chi connectivity index (χ3n) is 3.06. The standard InChI is InChI=1S/C14H20N4/c1-4-13-12(10-18(3)17-13)9-16-11(2)14-7-5-6-8-15-14/h5-8,10-11,16H,4,9H2,1-3H3/t11-/m0/s1. The number of rotatable bonds is 5. The molecule has 0 saturated heterocycles. The number of aryl methyl sites for hydroxylation is 2. The Kier molecular flexibility index (Phi) is 4.10. The van der Waals surface area contributed by atoms with Crippen LogP contribution >= 0.6 is 0 Å². The van der Waals surface area contributed by atoms with Gasteiger partial charge >= 0.3 is 0 Å². The zero-order chi connectivity index (χ0) is 13.0. The minimum atomic E-state index is 0.246. The highest BCUT2D eigenvalue weighted by atomic mass is 15.3. The molecule has 2 heterocycles. The van der Waals surface area contributed by atoms with E-state index in [1.54, 1.807) is 0 Å². The van der Waals surface area contributed by atoms with E-state index in [4.69, 9.17) is 0 Å². The van der Waals surface area contributed by atoms with E-state index in [9.17, 15) is 0 Å². The zero-order valence-electron chi connectivity index (χ0n) is 11.2. The van der Waals surface area contributed by atoms with E-state index >= 15 is 0 Å². The van der Waals surface area contributed by atoms with Crippen molar-refractivity contribution in [1.29, 1.82) is 0 Å². The summed E-state index contributed by atoms with van der Waals surface area (Å²) in [4.78, 5) is 4.36. The van der Waals surface area contributed by atoms with E-state index in [0.29, 0.717) is 0 Å². The van der Waals surface area contributed by atoms with Gasteiger partial charge in [0, 0.05) is 37.6 Å². The Morgan fingerprint density at radius 2 is 2.22 bits per heavy atom. The molecular weight excluding hydrogens is 224 g/mol. The van der Waals surface area contributed by atoms with Crippen LogP contribution in [0.3, 0.4) is 0 Å². The Labute approximate surface area is 108 Å². The summed E-state index contributed by atoms with van der Waals surface area (Å²) >= 11 is 0. The van der Waals surface area contributed by atoms with Gasteiger partial charge in [-0.3, -0.25) is 9.67 Å². The molecule has 0 bridgehead atoms. The largest absolute Gasteiger partial charge is 0.305 e. The van der Waals surface area contributed by atoms with Crippen molar-refractivity contribution in [2.24, 2.45) is 7.05 Å². The van der Waals surface area contributed by atoms with Crippen molar-refractivity contribution >= 4 is 0 Å². The van der Waals surface area contributed by atoms with Crippen LogP contribution in [0.15, 0.2) is 30.6 Å². The quantitative estimate of drug-likeness (QED) is 0.877. The summed E-state index contributed by atoms with van der Waals surface area (Å²) in [7, 11) is 1.96. The second-order valence-electron chi connectivity index (χ2n) is 4.49. The fourth-order valence-electron chi connectivity index (χ4n) is 2.03. The van der Waals surface area contributed by atoms with Crippen LogP contribution in [-0.4, -0.2) is 14.8 Å². The maximum absolute atomic E-state index is 4.44. The predicted molar refractivity (Wildman–Crippen MR) is 72.1 cm³/mol. The number of nitrogens with one attached hydrogen (secondary N) is 1. The van der Waals surface area contributed by atoms with Gasteiger partial charge in [-0.15, -0.1) is 0 Å². The lowest BCUT2D eigenvalue weighted by atomic mass is 10.1. The Balaban J connectivity index is 1.99. The van der Waals surface area contributed by atoms with E-state index in [0.717, 1.165) is 18.7 Å². The number of hydrogen-bond donors (Lipinski definition) is 1. The lowest BCUT2D eigenvalue weighted by Crippen LogP contribution is -2.19. The van der Waals surface area contributed by atoms with Crippen LogP contribution in [0.5, 0.6) is 0 Å². The van der Waals surface area contributed by atoms with Gasteiger partial charge in [0.15, 0.2) is 0 Å². The molecule has 96 valence electrons. The van der Waals surface area contributed by atoms with Crippen molar-refractivity contribution < 1.29 is 0 Å². The van der Waals surface area contributed by atoms with Gasteiger partial charge in [-0.2, -0.15) is 5.10 Å². The molecule has 0 spiro atoms. The Morgan fingerprint density at radius 3 is 2.89 bits per heavy atom. The van der Waals surface area contributed by atoms with Crippen LogP contribution in [0, 0.1) is 0 Å².